The van der Waals surface area contributed by atoms with Crippen molar-refractivity contribution >= 4 is 11.3 Å². The molecule has 0 saturated heterocycles. The molecule has 6 heteroatoms. The molecule has 162 valence electrons. The lowest BCUT2D eigenvalue weighted by molar-refractivity contribution is 0.132. The van der Waals surface area contributed by atoms with E-state index in [0.717, 1.165) is 56.4 Å². The highest BCUT2D eigenvalue weighted by molar-refractivity contribution is 7.09. The summed E-state index contributed by atoms with van der Waals surface area (Å²) in [7, 11) is 0. The van der Waals surface area contributed by atoms with Crippen LogP contribution in [0.25, 0.3) is 0 Å². The number of hydrogen-bond donors (Lipinski definition) is 4. The number of aromatic hydroxyl groups is 1. The van der Waals surface area contributed by atoms with Gasteiger partial charge in [0.15, 0.2) is 0 Å². The van der Waals surface area contributed by atoms with Gasteiger partial charge in [-0.25, -0.2) is 0 Å². The summed E-state index contributed by atoms with van der Waals surface area (Å²) in [5, 5.41) is 34.7. The molecule has 1 aromatic carbocycles. The number of rotatable bonds is 14. The molecule has 29 heavy (non-hydrogen) atoms. The maximum absolute atomic E-state index is 9.98. The van der Waals surface area contributed by atoms with Gasteiger partial charge in [0, 0.05) is 35.6 Å². The van der Waals surface area contributed by atoms with Crippen molar-refractivity contribution in [2.45, 2.75) is 71.2 Å². The molecule has 0 amide bonds. The first-order valence-corrected chi connectivity index (χ1v) is 11.2. The Morgan fingerprint density at radius 2 is 1.83 bits per heavy atom. The van der Waals surface area contributed by atoms with E-state index in [1.807, 2.05) is 0 Å². The first kappa shape index (κ1) is 23.8. The summed E-state index contributed by atoms with van der Waals surface area (Å²) in [4.78, 5) is 1.37. The van der Waals surface area contributed by atoms with Gasteiger partial charge in [0.25, 0.3) is 0 Å². The van der Waals surface area contributed by atoms with Crippen LogP contribution in [0.3, 0.4) is 0 Å². The third-order valence-corrected chi connectivity index (χ3v) is 6.18. The monoisotopic (exact) mass is 421 g/mol. The zero-order valence-electron chi connectivity index (χ0n) is 17.6. The smallest absolute Gasteiger partial charge is 0.121 e. The van der Waals surface area contributed by atoms with Crippen LogP contribution in [-0.4, -0.2) is 34.1 Å². The molecule has 1 heterocycles. The van der Waals surface area contributed by atoms with Gasteiger partial charge in [-0.3, -0.25) is 0 Å². The number of phenols is 1. The molecule has 5 nitrogen and oxygen atoms in total. The number of benzene rings is 1. The maximum Gasteiger partial charge on any atom is 0.121 e. The largest absolute Gasteiger partial charge is 0.508 e. The normalized spacial score (nSPS) is 11.9. The fraction of sp³-hybridized carbons (Fsp3) is 0.565. The lowest BCUT2D eigenvalue weighted by Crippen LogP contribution is -2.39. The summed E-state index contributed by atoms with van der Waals surface area (Å²) < 4.78 is 5.73. The highest BCUT2D eigenvalue weighted by atomic mass is 32.1. The minimum Gasteiger partial charge on any atom is -0.508 e. The molecule has 0 radical (unpaired) electrons. The second kappa shape index (κ2) is 12.3. The lowest BCUT2D eigenvalue weighted by Gasteiger charge is -2.28. The fourth-order valence-corrected chi connectivity index (χ4v) is 4.06. The van der Waals surface area contributed by atoms with Gasteiger partial charge < -0.3 is 25.4 Å². The van der Waals surface area contributed by atoms with E-state index < -0.39 is 0 Å². The van der Waals surface area contributed by atoms with E-state index in [4.69, 9.17) is 4.74 Å². The molecular formula is C23H35NO4S. The third kappa shape index (κ3) is 8.07. The van der Waals surface area contributed by atoms with Crippen molar-refractivity contribution in [2.75, 3.05) is 13.2 Å². The predicted octanol–water partition coefficient (Wildman–Crippen LogP) is 4.13. The Labute approximate surface area is 178 Å². The van der Waals surface area contributed by atoms with Gasteiger partial charge >= 0.3 is 0 Å². The highest BCUT2D eigenvalue weighted by Crippen LogP contribution is 2.26. The van der Waals surface area contributed by atoms with Crippen molar-refractivity contribution in [3.8, 4) is 5.75 Å². The quantitative estimate of drug-likeness (QED) is 0.345. The summed E-state index contributed by atoms with van der Waals surface area (Å²) >= 11 is 1.78. The van der Waals surface area contributed by atoms with Crippen molar-refractivity contribution in [1.82, 2.24) is 5.32 Å². The Balaban J connectivity index is 1.66. The number of hydrogen-bond acceptors (Lipinski definition) is 6. The zero-order chi connectivity index (χ0) is 21.1. The van der Waals surface area contributed by atoms with Crippen LogP contribution in [0, 0.1) is 0 Å². The molecule has 0 fully saturated rings. The van der Waals surface area contributed by atoms with Crippen molar-refractivity contribution in [3.63, 3.8) is 0 Å². The molecule has 1 aromatic heterocycles. The molecule has 2 aromatic rings. The number of ether oxygens (including phenoxy) is 1. The zero-order valence-corrected chi connectivity index (χ0v) is 18.4. The molecule has 4 N–H and O–H groups in total. The van der Waals surface area contributed by atoms with Gasteiger partial charge in [-0.15, -0.1) is 11.3 Å². The van der Waals surface area contributed by atoms with Crippen molar-refractivity contribution in [3.05, 3.63) is 51.2 Å². The highest BCUT2D eigenvalue weighted by Gasteiger charge is 2.19. The van der Waals surface area contributed by atoms with Crippen LogP contribution < -0.4 is 5.32 Å². The van der Waals surface area contributed by atoms with Gasteiger partial charge in [-0.05, 0) is 55.3 Å². The van der Waals surface area contributed by atoms with Crippen LogP contribution in [0.4, 0.5) is 0 Å². The van der Waals surface area contributed by atoms with Crippen LogP contribution in [0.5, 0.6) is 5.75 Å². The topological polar surface area (TPSA) is 82.0 Å². The Kier molecular flexibility index (Phi) is 10.1. The SMILES string of the molecule is CC(C)(CCCCCOCCc1cccs1)NCc1c(CO)ccc(O)c1CO. The number of thiophene rings is 1. The van der Waals surface area contributed by atoms with Crippen LogP contribution in [0.2, 0.25) is 0 Å². The van der Waals surface area contributed by atoms with Gasteiger partial charge in [0.1, 0.15) is 5.75 Å². The molecule has 0 aliphatic heterocycles. The van der Waals surface area contributed by atoms with Crippen LogP contribution in [0.1, 0.15) is 61.1 Å². The molecule has 2 rings (SSSR count). The van der Waals surface area contributed by atoms with Gasteiger partial charge in [0.2, 0.25) is 0 Å². The molecule has 0 saturated carbocycles. The summed E-state index contributed by atoms with van der Waals surface area (Å²) in [6.07, 6.45) is 5.31. The molecule has 0 unspecified atom stereocenters. The van der Waals surface area contributed by atoms with Crippen molar-refractivity contribution < 1.29 is 20.1 Å². The van der Waals surface area contributed by atoms with Crippen molar-refractivity contribution in [2.24, 2.45) is 0 Å². The first-order chi connectivity index (χ1) is 14.0. The maximum atomic E-state index is 9.98. The lowest BCUT2D eigenvalue weighted by atomic mass is 9.94. The molecule has 0 aliphatic carbocycles. The van der Waals surface area contributed by atoms with Crippen LogP contribution in [-0.2, 0) is 30.9 Å². The van der Waals surface area contributed by atoms with E-state index in [0.29, 0.717) is 12.1 Å². The standard InChI is InChI=1S/C23H35NO4S/c1-23(2,11-4-3-5-12-28-13-10-19-7-6-14-29-19)24-15-20-18(16-25)8-9-22(27)21(20)17-26/h6-9,14,24-27H,3-5,10-13,15-17H2,1-2H3. The summed E-state index contributed by atoms with van der Waals surface area (Å²) in [6, 6.07) is 7.45. The van der Waals surface area contributed by atoms with E-state index in [1.54, 1.807) is 17.4 Å². The van der Waals surface area contributed by atoms with E-state index in [9.17, 15) is 15.3 Å². The van der Waals surface area contributed by atoms with E-state index >= 15 is 0 Å². The minimum absolute atomic E-state index is 0.0679. The molecule has 0 atom stereocenters. The minimum atomic E-state index is -0.246. The second-order valence-electron chi connectivity index (χ2n) is 8.01. The average Bonchev–Trinajstić information content (AvgIpc) is 3.22. The number of aliphatic hydroxyl groups is 2. The summed E-state index contributed by atoms with van der Waals surface area (Å²) in [6.45, 7) is 6.05. The van der Waals surface area contributed by atoms with Gasteiger partial charge in [0.05, 0.1) is 19.8 Å². The Hall–Kier alpha value is -1.44. The summed E-state index contributed by atoms with van der Waals surface area (Å²) in [5.74, 6) is 0.0679. The van der Waals surface area contributed by atoms with Crippen LogP contribution >= 0.6 is 11.3 Å². The Morgan fingerprint density at radius 1 is 1.00 bits per heavy atom. The van der Waals surface area contributed by atoms with E-state index in [2.05, 4.69) is 36.7 Å². The predicted molar refractivity (Wildman–Crippen MR) is 118 cm³/mol. The number of unbranched alkanes of at least 4 members (excludes halogenated alkanes) is 2. The molecule has 0 aliphatic rings. The van der Waals surface area contributed by atoms with E-state index in [-0.39, 0.29) is 24.5 Å². The number of nitrogens with one attached hydrogen (secondary N) is 1. The third-order valence-electron chi connectivity index (χ3n) is 5.24. The Bertz CT molecular complexity index is 716. The second-order valence-corrected chi connectivity index (χ2v) is 9.04. The summed E-state index contributed by atoms with van der Waals surface area (Å²) in [5.41, 5.74) is 1.92. The van der Waals surface area contributed by atoms with Gasteiger partial charge in [-0.2, -0.15) is 0 Å². The number of aliphatic hydroxyl groups excluding tert-OH is 2. The fourth-order valence-electron chi connectivity index (χ4n) is 3.37. The van der Waals surface area contributed by atoms with Crippen LogP contribution in [0.15, 0.2) is 29.6 Å². The van der Waals surface area contributed by atoms with Crippen molar-refractivity contribution in [1.29, 1.82) is 0 Å². The average molecular weight is 422 g/mol. The molecule has 0 bridgehead atoms. The van der Waals surface area contributed by atoms with Gasteiger partial charge in [-0.1, -0.05) is 25.0 Å². The molecular weight excluding hydrogens is 386 g/mol. The first-order valence-electron chi connectivity index (χ1n) is 10.4. The van der Waals surface area contributed by atoms with E-state index in [1.165, 1.54) is 10.9 Å². The Morgan fingerprint density at radius 3 is 2.52 bits per heavy atom. The molecule has 0 spiro atoms.